The third-order valence-electron chi connectivity index (χ3n) is 1.03. The Morgan fingerprint density at radius 3 is 2.21 bits per heavy atom. The number of nitrogens with one attached hydrogen (secondary N) is 2. The van der Waals surface area contributed by atoms with E-state index in [0.717, 1.165) is 0 Å². The number of aliphatic hydroxyl groups is 1. The van der Waals surface area contributed by atoms with Crippen molar-refractivity contribution < 1.29 is 26.7 Å². The first-order valence-electron chi connectivity index (χ1n) is 3.61. The van der Waals surface area contributed by atoms with Crippen molar-refractivity contribution >= 4 is 10.2 Å². The first-order valence-corrected chi connectivity index (χ1v) is 5.10. The standard InChI is InChI=1S/C5H11F3N2O3S/c1-4(11)2-9-14(12,13)10-3-5(6,7)8/h4,9-11H,2-3H2,1H3/t4-/m0/s1. The van der Waals surface area contributed by atoms with Crippen LogP contribution in [0.4, 0.5) is 13.2 Å². The van der Waals surface area contributed by atoms with E-state index in [1.807, 2.05) is 0 Å². The lowest BCUT2D eigenvalue weighted by atomic mass is 10.4. The van der Waals surface area contributed by atoms with Crippen LogP contribution in [0.15, 0.2) is 0 Å². The molecular weight excluding hydrogens is 225 g/mol. The third-order valence-corrected chi connectivity index (χ3v) is 2.10. The molecule has 0 aromatic rings. The lowest BCUT2D eigenvalue weighted by Crippen LogP contribution is -2.43. The molecule has 0 bridgehead atoms. The van der Waals surface area contributed by atoms with Crippen molar-refractivity contribution in [3.63, 3.8) is 0 Å². The maximum absolute atomic E-state index is 11.6. The molecule has 14 heavy (non-hydrogen) atoms. The Bertz CT molecular complexity index is 262. The summed E-state index contributed by atoms with van der Waals surface area (Å²) >= 11 is 0. The van der Waals surface area contributed by atoms with Crippen LogP contribution in [-0.4, -0.2) is 38.9 Å². The van der Waals surface area contributed by atoms with Gasteiger partial charge in [0.15, 0.2) is 0 Å². The Morgan fingerprint density at radius 2 is 1.86 bits per heavy atom. The molecule has 0 saturated heterocycles. The van der Waals surface area contributed by atoms with Crippen molar-refractivity contribution in [3.05, 3.63) is 0 Å². The van der Waals surface area contributed by atoms with Gasteiger partial charge in [0, 0.05) is 6.54 Å². The molecule has 0 unspecified atom stereocenters. The zero-order valence-corrected chi connectivity index (χ0v) is 8.11. The predicted molar refractivity (Wildman–Crippen MR) is 42.7 cm³/mol. The summed E-state index contributed by atoms with van der Waals surface area (Å²) < 4.78 is 59.3. The van der Waals surface area contributed by atoms with Crippen LogP contribution in [-0.2, 0) is 10.2 Å². The molecule has 0 aliphatic carbocycles. The van der Waals surface area contributed by atoms with Crippen LogP contribution in [0.25, 0.3) is 0 Å². The van der Waals surface area contributed by atoms with Gasteiger partial charge in [-0.3, -0.25) is 0 Å². The molecule has 0 aromatic carbocycles. The van der Waals surface area contributed by atoms with E-state index in [-0.39, 0.29) is 6.54 Å². The van der Waals surface area contributed by atoms with Crippen molar-refractivity contribution in [2.45, 2.75) is 19.2 Å². The van der Waals surface area contributed by atoms with Gasteiger partial charge < -0.3 is 5.11 Å². The Hall–Kier alpha value is -0.380. The number of rotatable bonds is 5. The van der Waals surface area contributed by atoms with E-state index in [0.29, 0.717) is 0 Å². The van der Waals surface area contributed by atoms with Gasteiger partial charge in [0.25, 0.3) is 10.2 Å². The lowest BCUT2D eigenvalue weighted by molar-refractivity contribution is -0.121. The summed E-state index contributed by atoms with van der Waals surface area (Å²) in [6.07, 6.45) is -5.56. The zero-order valence-electron chi connectivity index (χ0n) is 7.30. The average Bonchev–Trinajstić information content (AvgIpc) is 1.97. The van der Waals surface area contributed by atoms with E-state index in [4.69, 9.17) is 5.11 Å². The summed E-state index contributed by atoms with van der Waals surface area (Å²) in [7, 11) is -4.19. The minimum absolute atomic E-state index is 0.340. The molecule has 0 amide bonds. The van der Waals surface area contributed by atoms with Crippen LogP contribution in [0.1, 0.15) is 6.92 Å². The second kappa shape index (κ2) is 4.91. The second-order valence-corrected chi connectivity index (χ2v) is 4.22. The highest BCUT2D eigenvalue weighted by molar-refractivity contribution is 7.87. The summed E-state index contributed by atoms with van der Waals surface area (Å²) in [6.45, 7) is -0.679. The first kappa shape index (κ1) is 13.6. The normalized spacial score (nSPS) is 15.5. The highest BCUT2D eigenvalue weighted by atomic mass is 32.2. The third kappa shape index (κ3) is 8.23. The topological polar surface area (TPSA) is 78.4 Å². The number of hydrogen-bond donors (Lipinski definition) is 3. The molecule has 9 heteroatoms. The number of halogens is 3. The smallest absolute Gasteiger partial charge is 0.392 e. The molecule has 1 atom stereocenters. The highest BCUT2D eigenvalue weighted by Crippen LogP contribution is 2.12. The van der Waals surface area contributed by atoms with Gasteiger partial charge in [-0.1, -0.05) is 0 Å². The van der Waals surface area contributed by atoms with Crippen LogP contribution in [0.5, 0.6) is 0 Å². The molecule has 0 spiro atoms. The predicted octanol–water partition coefficient (Wildman–Crippen LogP) is -0.647. The van der Waals surface area contributed by atoms with Gasteiger partial charge in [0.1, 0.15) is 6.54 Å². The Labute approximate surface area is 79.5 Å². The molecular formula is C5H11F3N2O3S. The molecule has 0 aliphatic rings. The summed E-state index contributed by atoms with van der Waals surface area (Å²) in [5.41, 5.74) is 0. The van der Waals surface area contributed by atoms with Crippen LogP contribution >= 0.6 is 0 Å². The maximum Gasteiger partial charge on any atom is 0.402 e. The Balaban J connectivity index is 3.97. The van der Waals surface area contributed by atoms with Gasteiger partial charge in [-0.2, -0.15) is 31.0 Å². The molecule has 0 saturated carbocycles. The van der Waals surface area contributed by atoms with Gasteiger partial charge >= 0.3 is 6.18 Å². The Morgan fingerprint density at radius 1 is 1.36 bits per heavy atom. The minimum atomic E-state index is -4.60. The second-order valence-electron chi connectivity index (χ2n) is 2.64. The maximum atomic E-state index is 11.6. The van der Waals surface area contributed by atoms with Crippen molar-refractivity contribution in [1.29, 1.82) is 0 Å². The van der Waals surface area contributed by atoms with Gasteiger partial charge in [-0.05, 0) is 6.92 Å². The van der Waals surface area contributed by atoms with E-state index in [9.17, 15) is 21.6 Å². The van der Waals surface area contributed by atoms with Crippen molar-refractivity contribution in [2.24, 2.45) is 0 Å². The molecule has 86 valence electrons. The van der Waals surface area contributed by atoms with E-state index in [2.05, 4.69) is 0 Å². The number of alkyl halides is 3. The molecule has 0 heterocycles. The number of aliphatic hydroxyl groups excluding tert-OH is 1. The van der Waals surface area contributed by atoms with Crippen LogP contribution < -0.4 is 9.44 Å². The average molecular weight is 236 g/mol. The summed E-state index contributed by atoms with van der Waals surface area (Å²) in [4.78, 5) is 0. The van der Waals surface area contributed by atoms with E-state index < -0.39 is 29.0 Å². The highest BCUT2D eigenvalue weighted by Gasteiger charge is 2.29. The van der Waals surface area contributed by atoms with Gasteiger partial charge in [0.05, 0.1) is 6.10 Å². The van der Waals surface area contributed by atoms with Crippen molar-refractivity contribution in [3.8, 4) is 0 Å². The Kier molecular flexibility index (Phi) is 4.78. The molecule has 5 nitrogen and oxygen atoms in total. The van der Waals surface area contributed by atoms with E-state index in [1.165, 1.54) is 11.6 Å². The quantitative estimate of drug-likeness (QED) is 0.593. The van der Waals surface area contributed by atoms with Crippen molar-refractivity contribution in [1.82, 2.24) is 9.44 Å². The molecule has 3 N–H and O–H groups in total. The summed E-state index contributed by atoms with van der Waals surface area (Å²) in [5, 5.41) is 8.67. The van der Waals surface area contributed by atoms with Gasteiger partial charge in [-0.15, -0.1) is 0 Å². The lowest BCUT2D eigenvalue weighted by Gasteiger charge is -2.10. The molecule has 0 fully saturated rings. The number of hydrogen-bond acceptors (Lipinski definition) is 3. The van der Waals surface area contributed by atoms with Crippen LogP contribution in [0.2, 0.25) is 0 Å². The van der Waals surface area contributed by atoms with E-state index in [1.54, 1.807) is 4.72 Å². The minimum Gasteiger partial charge on any atom is -0.392 e. The molecule has 0 aliphatic heterocycles. The molecule has 0 aromatic heterocycles. The SMILES string of the molecule is C[C@H](O)CNS(=O)(=O)NCC(F)(F)F. The largest absolute Gasteiger partial charge is 0.402 e. The summed E-state index contributed by atoms with van der Waals surface area (Å²) in [5.74, 6) is 0. The fourth-order valence-corrected chi connectivity index (χ4v) is 1.37. The molecule has 0 rings (SSSR count). The van der Waals surface area contributed by atoms with Gasteiger partial charge in [0.2, 0.25) is 0 Å². The van der Waals surface area contributed by atoms with Crippen LogP contribution in [0.3, 0.4) is 0 Å². The van der Waals surface area contributed by atoms with E-state index >= 15 is 0 Å². The monoisotopic (exact) mass is 236 g/mol. The van der Waals surface area contributed by atoms with Crippen LogP contribution in [0, 0.1) is 0 Å². The fourth-order valence-electron chi connectivity index (χ4n) is 0.458. The first-order chi connectivity index (χ1) is 6.12. The molecule has 0 radical (unpaired) electrons. The summed E-state index contributed by atoms with van der Waals surface area (Å²) in [6, 6.07) is 0. The zero-order chi connectivity index (χ0) is 11.4. The van der Waals surface area contributed by atoms with Crippen molar-refractivity contribution in [2.75, 3.05) is 13.1 Å². The van der Waals surface area contributed by atoms with Gasteiger partial charge in [-0.25, -0.2) is 0 Å². The fraction of sp³-hybridized carbons (Fsp3) is 1.00.